The summed E-state index contributed by atoms with van der Waals surface area (Å²) in [5.41, 5.74) is -0.444. The fraction of sp³-hybridized carbons (Fsp3) is 1.00. The van der Waals surface area contributed by atoms with E-state index in [0.717, 1.165) is 26.1 Å². The second-order valence-corrected chi connectivity index (χ2v) is 5.82. The number of methoxy groups -OCH3 is 1. The minimum Gasteiger partial charge on any atom is -0.390 e. The molecule has 2 atom stereocenters. The van der Waals surface area contributed by atoms with Gasteiger partial charge in [0, 0.05) is 26.2 Å². The maximum Gasteiger partial charge on any atom is 0.0880 e. The minimum absolute atomic E-state index is 0.397. The summed E-state index contributed by atoms with van der Waals surface area (Å²) in [4.78, 5) is 4.72. The molecule has 1 saturated heterocycles. The fourth-order valence-corrected chi connectivity index (χ4v) is 2.23. The van der Waals surface area contributed by atoms with Gasteiger partial charge in [-0.25, -0.2) is 0 Å². The van der Waals surface area contributed by atoms with Gasteiger partial charge in [-0.2, -0.15) is 0 Å². The van der Waals surface area contributed by atoms with E-state index in [-0.39, 0.29) is 0 Å². The Morgan fingerprint density at radius 3 is 2.59 bits per heavy atom. The Morgan fingerprint density at radius 1 is 1.47 bits per heavy atom. The van der Waals surface area contributed by atoms with E-state index in [4.69, 9.17) is 4.74 Å². The van der Waals surface area contributed by atoms with Crippen LogP contribution in [0.4, 0.5) is 0 Å². The summed E-state index contributed by atoms with van der Waals surface area (Å²) in [5, 5.41) is 10.1. The predicted octanol–water partition coefficient (Wildman–Crippen LogP) is 0.798. The highest BCUT2D eigenvalue weighted by Crippen LogP contribution is 2.19. The van der Waals surface area contributed by atoms with Crippen LogP contribution >= 0.6 is 0 Å². The van der Waals surface area contributed by atoms with E-state index in [1.54, 1.807) is 7.11 Å². The first-order chi connectivity index (χ1) is 7.86. The van der Waals surface area contributed by atoms with E-state index in [9.17, 15) is 5.11 Å². The van der Waals surface area contributed by atoms with Gasteiger partial charge in [-0.05, 0) is 47.3 Å². The molecule has 1 fully saturated rings. The van der Waals surface area contributed by atoms with Crippen LogP contribution in [0.3, 0.4) is 0 Å². The zero-order chi connectivity index (χ0) is 13.1. The van der Waals surface area contributed by atoms with Crippen molar-refractivity contribution in [2.75, 3.05) is 40.8 Å². The average Bonchev–Trinajstić information content (AvgIpc) is 2.74. The minimum atomic E-state index is -0.444. The van der Waals surface area contributed by atoms with Crippen molar-refractivity contribution < 1.29 is 9.84 Å². The molecular formula is C13H28N2O2. The molecule has 102 valence electrons. The Bertz CT molecular complexity index is 231. The normalized spacial score (nSPS) is 24.5. The molecule has 1 aliphatic heterocycles. The number of likely N-dealkylation sites (N-methyl/N-ethyl adjacent to an activating group) is 1. The summed E-state index contributed by atoms with van der Waals surface area (Å²) in [5.74, 6) is 0. The third-order valence-corrected chi connectivity index (χ3v) is 4.03. The molecular weight excluding hydrogens is 216 g/mol. The summed E-state index contributed by atoms with van der Waals surface area (Å²) in [6, 6.07) is 0.669. The van der Waals surface area contributed by atoms with E-state index in [1.807, 2.05) is 13.8 Å². The molecule has 0 aromatic heterocycles. The molecule has 0 aromatic carbocycles. The average molecular weight is 244 g/mol. The van der Waals surface area contributed by atoms with Crippen LogP contribution in [-0.4, -0.2) is 73.5 Å². The first-order valence-corrected chi connectivity index (χ1v) is 6.49. The van der Waals surface area contributed by atoms with Crippen molar-refractivity contribution >= 4 is 0 Å². The van der Waals surface area contributed by atoms with E-state index in [0.29, 0.717) is 6.04 Å². The molecule has 1 heterocycles. The van der Waals surface area contributed by atoms with E-state index >= 15 is 0 Å². The molecule has 0 saturated carbocycles. The summed E-state index contributed by atoms with van der Waals surface area (Å²) in [6.45, 7) is 7.09. The molecule has 4 nitrogen and oxygen atoms in total. The van der Waals surface area contributed by atoms with Crippen LogP contribution < -0.4 is 0 Å². The van der Waals surface area contributed by atoms with Gasteiger partial charge in [0.15, 0.2) is 0 Å². The van der Waals surface area contributed by atoms with Crippen LogP contribution in [0, 0.1) is 0 Å². The highest BCUT2D eigenvalue weighted by atomic mass is 16.5. The van der Waals surface area contributed by atoms with Crippen molar-refractivity contribution in [3.8, 4) is 0 Å². The molecule has 0 aromatic rings. The zero-order valence-corrected chi connectivity index (χ0v) is 11.9. The lowest BCUT2D eigenvalue weighted by molar-refractivity contribution is -0.0820. The second-order valence-electron chi connectivity index (χ2n) is 5.82. The quantitative estimate of drug-likeness (QED) is 0.750. The Kier molecular flexibility index (Phi) is 5.38. The second kappa shape index (κ2) is 6.14. The molecule has 0 bridgehead atoms. The van der Waals surface area contributed by atoms with E-state index in [2.05, 4.69) is 23.9 Å². The molecule has 0 radical (unpaired) electrons. The lowest BCUT2D eigenvalue weighted by Gasteiger charge is -2.30. The third-order valence-electron chi connectivity index (χ3n) is 4.03. The summed E-state index contributed by atoms with van der Waals surface area (Å²) in [6.07, 6.45) is 1.61. The lowest BCUT2D eigenvalue weighted by Crippen LogP contribution is -2.40. The molecule has 1 N–H and O–H groups in total. The molecule has 4 heteroatoms. The van der Waals surface area contributed by atoms with Gasteiger partial charge in [-0.1, -0.05) is 0 Å². The monoisotopic (exact) mass is 244 g/mol. The number of hydrogen-bond donors (Lipinski definition) is 1. The molecule has 0 spiro atoms. The molecule has 17 heavy (non-hydrogen) atoms. The van der Waals surface area contributed by atoms with E-state index < -0.39 is 11.7 Å². The number of hydrogen-bond acceptors (Lipinski definition) is 4. The van der Waals surface area contributed by atoms with Gasteiger partial charge in [0.25, 0.3) is 0 Å². The number of aliphatic hydroxyl groups is 1. The van der Waals surface area contributed by atoms with Gasteiger partial charge in [-0.3, -0.25) is 0 Å². The Hall–Kier alpha value is -0.160. The van der Waals surface area contributed by atoms with Crippen molar-refractivity contribution in [3.63, 3.8) is 0 Å². The Labute approximate surface area is 106 Å². The number of nitrogens with zero attached hydrogens (tertiary/aromatic N) is 2. The van der Waals surface area contributed by atoms with Crippen molar-refractivity contribution in [3.05, 3.63) is 0 Å². The topological polar surface area (TPSA) is 35.9 Å². The van der Waals surface area contributed by atoms with Gasteiger partial charge in [0.05, 0.1) is 11.7 Å². The van der Waals surface area contributed by atoms with Gasteiger partial charge >= 0.3 is 0 Å². The van der Waals surface area contributed by atoms with Crippen LogP contribution in [0.5, 0.6) is 0 Å². The van der Waals surface area contributed by atoms with Crippen molar-refractivity contribution in [2.24, 2.45) is 0 Å². The highest BCUT2D eigenvalue weighted by molar-refractivity contribution is 4.84. The number of likely N-dealkylation sites (tertiary alicyclic amines) is 1. The number of ether oxygens (including phenoxy) is 1. The molecule has 1 aliphatic rings. The predicted molar refractivity (Wildman–Crippen MR) is 70.2 cm³/mol. The fourth-order valence-electron chi connectivity index (χ4n) is 2.23. The highest BCUT2D eigenvalue weighted by Gasteiger charge is 2.29. The van der Waals surface area contributed by atoms with Crippen molar-refractivity contribution in [1.82, 2.24) is 9.80 Å². The molecule has 1 rings (SSSR count). The maximum absolute atomic E-state index is 10.1. The third kappa shape index (κ3) is 4.21. The van der Waals surface area contributed by atoms with Gasteiger partial charge in [0.1, 0.15) is 0 Å². The number of rotatable bonds is 6. The first-order valence-electron chi connectivity index (χ1n) is 6.49. The van der Waals surface area contributed by atoms with Gasteiger partial charge in [-0.15, -0.1) is 0 Å². The maximum atomic E-state index is 10.1. The summed E-state index contributed by atoms with van der Waals surface area (Å²) in [7, 11) is 5.93. The van der Waals surface area contributed by atoms with E-state index in [1.165, 1.54) is 6.42 Å². The largest absolute Gasteiger partial charge is 0.390 e. The molecule has 0 aliphatic carbocycles. The smallest absolute Gasteiger partial charge is 0.0880 e. The molecule has 0 amide bonds. The van der Waals surface area contributed by atoms with Crippen molar-refractivity contribution in [2.45, 2.75) is 44.4 Å². The van der Waals surface area contributed by atoms with Gasteiger partial charge in [0.2, 0.25) is 0 Å². The van der Waals surface area contributed by atoms with Crippen molar-refractivity contribution in [1.29, 1.82) is 0 Å². The Balaban J connectivity index is 2.28. The Morgan fingerprint density at radius 2 is 2.12 bits per heavy atom. The van der Waals surface area contributed by atoms with Crippen LogP contribution in [-0.2, 0) is 4.74 Å². The molecule has 2 unspecified atom stereocenters. The standard InChI is InChI=1S/C13H28N2O2/c1-13(2,17-5)12(16)7-9-15-8-6-11(10-15)14(3)4/h11-12,16H,6-10H2,1-5H3. The SMILES string of the molecule is COC(C)(C)C(O)CCN1CCC(N(C)C)C1. The van der Waals surface area contributed by atoms with Crippen LogP contribution in [0.15, 0.2) is 0 Å². The summed E-state index contributed by atoms with van der Waals surface area (Å²) < 4.78 is 5.30. The summed E-state index contributed by atoms with van der Waals surface area (Å²) >= 11 is 0. The zero-order valence-electron chi connectivity index (χ0n) is 11.9. The number of aliphatic hydroxyl groups excluding tert-OH is 1. The van der Waals surface area contributed by atoms with Gasteiger partial charge < -0.3 is 19.6 Å². The lowest BCUT2D eigenvalue weighted by atomic mass is 9.98. The van der Waals surface area contributed by atoms with Crippen LogP contribution in [0.1, 0.15) is 26.7 Å². The van der Waals surface area contributed by atoms with Crippen LogP contribution in [0.2, 0.25) is 0 Å². The van der Waals surface area contributed by atoms with Crippen LogP contribution in [0.25, 0.3) is 0 Å². The first kappa shape index (κ1) is 14.9.